The van der Waals surface area contributed by atoms with E-state index in [0.717, 1.165) is 32.7 Å². The molecule has 0 atom stereocenters. The van der Waals surface area contributed by atoms with Crippen LogP contribution in [0, 0.1) is 6.92 Å². The molecule has 0 aromatic carbocycles. The zero-order valence-electron chi connectivity index (χ0n) is 9.98. The van der Waals surface area contributed by atoms with Crippen molar-refractivity contribution in [2.75, 3.05) is 32.8 Å². The van der Waals surface area contributed by atoms with E-state index in [4.69, 9.17) is 4.74 Å². The number of morpholine rings is 1. The molecule has 1 saturated heterocycles. The largest absolute Gasteiger partial charge is 0.379 e. The van der Waals surface area contributed by atoms with Crippen LogP contribution in [0.3, 0.4) is 0 Å². The van der Waals surface area contributed by atoms with E-state index in [1.54, 1.807) is 0 Å². The molecule has 3 nitrogen and oxygen atoms in total. The van der Waals surface area contributed by atoms with Crippen LogP contribution in [0.1, 0.15) is 17.7 Å². The highest BCUT2D eigenvalue weighted by molar-refractivity contribution is 5.17. The van der Waals surface area contributed by atoms with Crippen molar-refractivity contribution in [3.63, 3.8) is 0 Å². The van der Waals surface area contributed by atoms with Crippen LogP contribution in [-0.4, -0.2) is 42.7 Å². The van der Waals surface area contributed by atoms with Gasteiger partial charge in [0.15, 0.2) is 0 Å². The third-order valence-electron chi connectivity index (χ3n) is 3.11. The molecular formula is C13H20N2O. The number of hydrogen-bond acceptors (Lipinski definition) is 3. The van der Waals surface area contributed by atoms with Crippen molar-refractivity contribution in [2.24, 2.45) is 0 Å². The molecule has 0 aliphatic carbocycles. The Bertz CT molecular complexity index is 321. The molecular weight excluding hydrogens is 200 g/mol. The second-order valence-electron chi connectivity index (χ2n) is 4.32. The topological polar surface area (TPSA) is 25.4 Å². The van der Waals surface area contributed by atoms with Gasteiger partial charge in [-0.25, -0.2) is 0 Å². The van der Waals surface area contributed by atoms with Crippen molar-refractivity contribution in [2.45, 2.75) is 19.8 Å². The summed E-state index contributed by atoms with van der Waals surface area (Å²) in [7, 11) is 0. The first-order chi connectivity index (χ1) is 7.86. The Hall–Kier alpha value is -0.930. The third-order valence-corrected chi connectivity index (χ3v) is 3.11. The molecule has 1 aliphatic rings. The molecule has 1 fully saturated rings. The maximum absolute atomic E-state index is 5.33. The van der Waals surface area contributed by atoms with Crippen molar-refractivity contribution < 1.29 is 4.74 Å². The molecule has 0 radical (unpaired) electrons. The lowest BCUT2D eigenvalue weighted by molar-refractivity contribution is 0.0374. The number of nitrogens with zero attached hydrogens (tertiary/aromatic N) is 2. The van der Waals surface area contributed by atoms with Crippen LogP contribution in [0.25, 0.3) is 0 Å². The van der Waals surface area contributed by atoms with Gasteiger partial charge in [-0.3, -0.25) is 9.88 Å². The van der Waals surface area contributed by atoms with Gasteiger partial charge in [-0.1, -0.05) is 6.07 Å². The Morgan fingerprint density at radius 3 is 2.94 bits per heavy atom. The van der Waals surface area contributed by atoms with Crippen LogP contribution in [0.2, 0.25) is 0 Å². The van der Waals surface area contributed by atoms with E-state index in [1.165, 1.54) is 24.2 Å². The molecule has 0 spiro atoms. The summed E-state index contributed by atoms with van der Waals surface area (Å²) < 4.78 is 5.33. The minimum Gasteiger partial charge on any atom is -0.379 e. The lowest BCUT2D eigenvalue weighted by atomic mass is 10.1. The zero-order valence-corrected chi connectivity index (χ0v) is 9.98. The molecule has 0 amide bonds. The first kappa shape index (κ1) is 11.6. The van der Waals surface area contributed by atoms with Gasteiger partial charge < -0.3 is 4.74 Å². The van der Waals surface area contributed by atoms with Gasteiger partial charge in [0.05, 0.1) is 13.2 Å². The molecule has 0 bridgehead atoms. The Morgan fingerprint density at radius 1 is 1.38 bits per heavy atom. The summed E-state index contributed by atoms with van der Waals surface area (Å²) in [5.74, 6) is 0. The Morgan fingerprint density at radius 2 is 2.19 bits per heavy atom. The highest BCUT2D eigenvalue weighted by atomic mass is 16.5. The smallest absolute Gasteiger partial charge is 0.0594 e. The van der Waals surface area contributed by atoms with Crippen molar-refractivity contribution in [3.8, 4) is 0 Å². The molecule has 2 rings (SSSR count). The van der Waals surface area contributed by atoms with Gasteiger partial charge in [-0.2, -0.15) is 0 Å². The van der Waals surface area contributed by atoms with E-state index >= 15 is 0 Å². The predicted molar refractivity (Wildman–Crippen MR) is 64.6 cm³/mol. The van der Waals surface area contributed by atoms with Crippen LogP contribution in [-0.2, 0) is 11.2 Å². The summed E-state index contributed by atoms with van der Waals surface area (Å²) in [5, 5.41) is 0. The fraction of sp³-hybridized carbons (Fsp3) is 0.615. The molecule has 2 heterocycles. The van der Waals surface area contributed by atoms with E-state index in [9.17, 15) is 0 Å². The summed E-state index contributed by atoms with van der Waals surface area (Å²) in [6.07, 6.45) is 4.17. The zero-order chi connectivity index (χ0) is 11.2. The van der Waals surface area contributed by atoms with E-state index in [2.05, 4.69) is 22.9 Å². The number of aromatic nitrogens is 1. The van der Waals surface area contributed by atoms with Crippen LogP contribution >= 0.6 is 0 Å². The first-order valence-electron chi connectivity index (χ1n) is 6.07. The maximum atomic E-state index is 5.33. The summed E-state index contributed by atoms with van der Waals surface area (Å²) in [5.41, 5.74) is 2.56. The monoisotopic (exact) mass is 220 g/mol. The molecule has 16 heavy (non-hydrogen) atoms. The molecule has 0 N–H and O–H groups in total. The quantitative estimate of drug-likeness (QED) is 0.771. The SMILES string of the molecule is Cc1cccnc1CCCN1CCOCC1. The van der Waals surface area contributed by atoms with Gasteiger partial charge in [0.1, 0.15) is 0 Å². The second kappa shape index (κ2) is 5.97. The predicted octanol–water partition coefficient (Wildman–Crippen LogP) is 1.65. The number of pyridine rings is 1. The highest BCUT2D eigenvalue weighted by Crippen LogP contribution is 2.07. The fourth-order valence-electron chi connectivity index (χ4n) is 2.07. The van der Waals surface area contributed by atoms with Crippen molar-refractivity contribution in [1.82, 2.24) is 9.88 Å². The number of ether oxygens (including phenoxy) is 1. The average molecular weight is 220 g/mol. The Balaban J connectivity index is 1.73. The summed E-state index contributed by atoms with van der Waals surface area (Å²) >= 11 is 0. The third kappa shape index (κ3) is 3.29. The lowest BCUT2D eigenvalue weighted by Crippen LogP contribution is -2.37. The first-order valence-corrected chi connectivity index (χ1v) is 6.07. The average Bonchev–Trinajstić information content (AvgIpc) is 2.33. The Labute approximate surface area is 97.4 Å². The molecule has 1 aliphatic heterocycles. The summed E-state index contributed by atoms with van der Waals surface area (Å²) in [6.45, 7) is 7.25. The van der Waals surface area contributed by atoms with E-state index in [-0.39, 0.29) is 0 Å². The van der Waals surface area contributed by atoms with Crippen LogP contribution < -0.4 is 0 Å². The van der Waals surface area contributed by atoms with Gasteiger partial charge in [0.2, 0.25) is 0 Å². The van der Waals surface area contributed by atoms with Crippen molar-refractivity contribution in [3.05, 3.63) is 29.6 Å². The normalized spacial score (nSPS) is 17.6. The molecule has 0 saturated carbocycles. The minimum absolute atomic E-state index is 0.891. The maximum Gasteiger partial charge on any atom is 0.0594 e. The van der Waals surface area contributed by atoms with Crippen molar-refractivity contribution >= 4 is 0 Å². The number of aryl methyl sites for hydroxylation is 2. The van der Waals surface area contributed by atoms with Gasteiger partial charge in [0.25, 0.3) is 0 Å². The van der Waals surface area contributed by atoms with Crippen LogP contribution in [0.15, 0.2) is 18.3 Å². The van der Waals surface area contributed by atoms with Crippen LogP contribution in [0.5, 0.6) is 0 Å². The van der Waals surface area contributed by atoms with Gasteiger partial charge >= 0.3 is 0 Å². The van der Waals surface area contributed by atoms with Gasteiger partial charge in [-0.15, -0.1) is 0 Å². The molecule has 88 valence electrons. The second-order valence-corrected chi connectivity index (χ2v) is 4.32. The van der Waals surface area contributed by atoms with E-state index in [0.29, 0.717) is 0 Å². The minimum atomic E-state index is 0.891. The fourth-order valence-corrected chi connectivity index (χ4v) is 2.07. The number of hydrogen-bond donors (Lipinski definition) is 0. The highest BCUT2D eigenvalue weighted by Gasteiger charge is 2.09. The molecule has 3 heteroatoms. The lowest BCUT2D eigenvalue weighted by Gasteiger charge is -2.26. The standard InChI is InChI=1S/C13H20N2O/c1-12-4-2-6-14-13(12)5-3-7-15-8-10-16-11-9-15/h2,4,6H,3,5,7-11H2,1H3. The summed E-state index contributed by atoms with van der Waals surface area (Å²) in [4.78, 5) is 6.89. The van der Waals surface area contributed by atoms with Crippen molar-refractivity contribution in [1.29, 1.82) is 0 Å². The van der Waals surface area contributed by atoms with Gasteiger partial charge in [-0.05, 0) is 37.9 Å². The number of rotatable bonds is 4. The Kier molecular flexibility index (Phi) is 4.31. The molecule has 1 aromatic heterocycles. The van der Waals surface area contributed by atoms with Gasteiger partial charge in [0, 0.05) is 25.0 Å². The van der Waals surface area contributed by atoms with E-state index in [1.807, 2.05) is 12.3 Å². The molecule has 0 unspecified atom stereocenters. The molecule has 1 aromatic rings. The van der Waals surface area contributed by atoms with Crippen LogP contribution in [0.4, 0.5) is 0 Å². The van der Waals surface area contributed by atoms with E-state index < -0.39 is 0 Å². The summed E-state index contributed by atoms with van der Waals surface area (Å²) in [6, 6.07) is 4.14.